The van der Waals surface area contributed by atoms with Crippen LogP contribution in [-0.2, 0) is 14.3 Å². The first-order valence-corrected chi connectivity index (χ1v) is 12.1. The molecule has 1 aromatic carbocycles. The topological polar surface area (TPSA) is 82.1 Å². The van der Waals surface area contributed by atoms with Crippen LogP contribution in [0.25, 0.3) is 0 Å². The summed E-state index contributed by atoms with van der Waals surface area (Å²) in [6, 6.07) is 9.91. The molecular weight excluding hydrogens is 432 g/mol. The lowest BCUT2D eigenvalue weighted by atomic mass is 10.1. The van der Waals surface area contributed by atoms with E-state index in [-0.39, 0.29) is 24.2 Å². The van der Waals surface area contributed by atoms with Crippen molar-refractivity contribution in [2.75, 3.05) is 73.7 Å². The van der Waals surface area contributed by atoms with Crippen molar-refractivity contribution in [2.24, 2.45) is 5.92 Å². The van der Waals surface area contributed by atoms with Gasteiger partial charge in [0.05, 0.1) is 19.1 Å². The second kappa shape index (κ2) is 9.58. The molecule has 2 aromatic rings. The van der Waals surface area contributed by atoms with Gasteiger partial charge in [-0.3, -0.25) is 9.59 Å². The Morgan fingerprint density at radius 3 is 2.35 bits per heavy atom. The van der Waals surface area contributed by atoms with Gasteiger partial charge in [-0.2, -0.15) is 4.98 Å². The molecule has 0 radical (unpaired) electrons. The van der Waals surface area contributed by atoms with E-state index in [1.807, 2.05) is 49.1 Å². The number of anilines is 3. The van der Waals surface area contributed by atoms with Gasteiger partial charge in [0.15, 0.2) is 0 Å². The average Bonchev–Trinajstić information content (AvgIpc) is 3.26. The summed E-state index contributed by atoms with van der Waals surface area (Å²) in [6.45, 7) is 10.1. The van der Waals surface area contributed by atoms with Gasteiger partial charge in [0.2, 0.25) is 17.8 Å². The quantitative estimate of drug-likeness (QED) is 0.680. The zero-order chi connectivity index (χ0) is 23.7. The molecule has 3 saturated heterocycles. The summed E-state index contributed by atoms with van der Waals surface area (Å²) in [5.41, 5.74) is 2.95. The zero-order valence-electron chi connectivity index (χ0n) is 19.9. The van der Waals surface area contributed by atoms with Gasteiger partial charge in [-0.05, 0) is 26.0 Å². The molecule has 0 N–H and O–H groups in total. The minimum Gasteiger partial charge on any atom is -0.378 e. The summed E-state index contributed by atoms with van der Waals surface area (Å²) < 4.78 is 5.46. The molecule has 1 unspecified atom stereocenters. The van der Waals surface area contributed by atoms with E-state index in [0.29, 0.717) is 45.9 Å². The third-order valence-corrected chi connectivity index (χ3v) is 6.86. The number of morpholine rings is 1. The van der Waals surface area contributed by atoms with Crippen LogP contribution in [0.1, 0.15) is 17.7 Å². The van der Waals surface area contributed by atoms with E-state index >= 15 is 0 Å². The van der Waals surface area contributed by atoms with Crippen molar-refractivity contribution in [1.29, 1.82) is 0 Å². The van der Waals surface area contributed by atoms with E-state index in [9.17, 15) is 9.59 Å². The molecule has 5 rings (SSSR count). The molecule has 4 heterocycles. The lowest BCUT2D eigenvalue weighted by molar-refractivity contribution is -0.136. The number of aromatic nitrogens is 2. The molecule has 1 atom stereocenters. The summed E-state index contributed by atoms with van der Waals surface area (Å²) in [5, 5.41) is 0. The third-order valence-electron chi connectivity index (χ3n) is 6.86. The highest BCUT2D eigenvalue weighted by Gasteiger charge is 2.38. The highest BCUT2D eigenvalue weighted by molar-refractivity contribution is 6.00. The van der Waals surface area contributed by atoms with Crippen LogP contribution in [-0.4, -0.2) is 85.7 Å². The summed E-state index contributed by atoms with van der Waals surface area (Å²) in [4.78, 5) is 43.3. The van der Waals surface area contributed by atoms with Gasteiger partial charge >= 0.3 is 0 Å². The maximum Gasteiger partial charge on any atom is 0.228 e. The second-order valence-electron chi connectivity index (χ2n) is 9.32. The minimum absolute atomic E-state index is 0.0182. The highest BCUT2D eigenvalue weighted by Crippen LogP contribution is 2.27. The number of amides is 2. The summed E-state index contributed by atoms with van der Waals surface area (Å²) in [6.07, 6.45) is 0.275. The van der Waals surface area contributed by atoms with E-state index in [4.69, 9.17) is 9.72 Å². The number of piperazine rings is 1. The monoisotopic (exact) mass is 464 g/mol. The molecule has 0 aliphatic carbocycles. The average molecular weight is 465 g/mol. The van der Waals surface area contributed by atoms with Crippen molar-refractivity contribution >= 4 is 29.3 Å². The molecule has 1 aromatic heterocycles. The number of carbonyl (C=O) groups excluding carboxylic acids is 2. The molecule has 2 amide bonds. The normalized spacial score (nSPS) is 21.4. The van der Waals surface area contributed by atoms with Gasteiger partial charge in [0.25, 0.3) is 0 Å². The smallest absolute Gasteiger partial charge is 0.228 e. The number of nitrogens with zero attached hydrogens (tertiary/aromatic N) is 6. The molecule has 0 saturated carbocycles. The zero-order valence-corrected chi connectivity index (χ0v) is 19.9. The Labute approximate surface area is 200 Å². The fourth-order valence-corrected chi connectivity index (χ4v) is 4.86. The van der Waals surface area contributed by atoms with Crippen LogP contribution in [0.15, 0.2) is 30.3 Å². The molecule has 34 heavy (non-hydrogen) atoms. The Hall–Kier alpha value is -3.20. The largest absolute Gasteiger partial charge is 0.378 e. The van der Waals surface area contributed by atoms with Crippen LogP contribution in [0, 0.1) is 19.8 Å². The van der Waals surface area contributed by atoms with Crippen LogP contribution in [0.3, 0.4) is 0 Å². The first-order valence-electron chi connectivity index (χ1n) is 12.1. The van der Waals surface area contributed by atoms with Gasteiger partial charge in [-0.15, -0.1) is 0 Å². The van der Waals surface area contributed by atoms with E-state index in [1.54, 1.807) is 4.90 Å². The van der Waals surface area contributed by atoms with Crippen LogP contribution in [0.4, 0.5) is 17.5 Å². The van der Waals surface area contributed by atoms with Crippen molar-refractivity contribution in [3.05, 3.63) is 41.6 Å². The summed E-state index contributed by atoms with van der Waals surface area (Å²) >= 11 is 0. The molecule has 0 spiro atoms. The van der Waals surface area contributed by atoms with Crippen molar-refractivity contribution in [3.8, 4) is 0 Å². The highest BCUT2D eigenvalue weighted by atomic mass is 16.5. The number of ether oxygens (including phenoxy) is 1. The number of benzene rings is 1. The number of rotatable bonds is 4. The maximum absolute atomic E-state index is 13.2. The number of hydrogen-bond acceptors (Lipinski definition) is 7. The SMILES string of the molecule is Cc1ccc(N2CC(C(=O)N3CCN(c4nc(C)cc(N5CCOCC5)n4)CC3)CC2=O)cc1. The molecule has 3 aliphatic rings. The van der Waals surface area contributed by atoms with Crippen LogP contribution >= 0.6 is 0 Å². The fourth-order valence-electron chi connectivity index (χ4n) is 4.86. The Balaban J connectivity index is 1.20. The number of carbonyl (C=O) groups is 2. The van der Waals surface area contributed by atoms with Crippen LogP contribution in [0.2, 0.25) is 0 Å². The van der Waals surface area contributed by atoms with E-state index in [2.05, 4.69) is 14.8 Å². The maximum atomic E-state index is 13.2. The van der Waals surface area contributed by atoms with Crippen molar-refractivity contribution < 1.29 is 14.3 Å². The van der Waals surface area contributed by atoms with E-state index < -0.39 is 0 Å². The Morgan fingerprint density at radius 1 is 0.941 bits per heavy atom. The fraction of sp³-hybridized carbons (Fsp3) is 0.520. The lowest BCUT2D eigenvalue weighted by Gasteiger charge is -2.36. The van der Waals surface area contributed by atoms with E-state index in [0.717, 1.165) is 41.8 Å². The van der Waals surface area contributed by atoms with Gasteiger partial charge < -0.3 is 24.3 Å². The van der Waals surface area contributed by atoms with E-state index in [1.165, 1.54) is 0 Å². The van der Waals surface area contributed by atoms with Crippen molar-refractivity contribution in [3.63, 3.8) is 0 Å². The van der Waals surface area contributed by atoms with Gasteiger partial charge in [0, 0.05) is 69.7 Å². The number of hydrogen-bond donors (Lipinski definition) is 0. The molecule has 3 fully saturated rings. The summed E-state index contributed by atoms with van der Waals surface area (Å²) in [5.74, 6) is 1.45. The minimum atomic E-state index is -0.288. The molecular formula is C25H32N6O3. The predicted octanol–water partition coefficient (Wildman–Crippen LogP) is 1.63. The molecule has 180 valence electrons. The second-order valence-corrected chi connectivity index (χ2v) is 9.32. The predicted molar refractivity (Wildman–Crippen MR) is 130 cm³/mol. The lowest BCUT2D eigenvalue weighted by Crippen LogP contribution is -2.51. The first kappa shape index (κ1) is 22.6. The molecule has 9 nitrogen and oxygen atoms in total. The Morgan fingerprint density at radius 2 is 1.65 bits per heavy atom. The standard InChI is InChI=1S/C25H32N6O3/c1-18-3-5-21(6-4-18)31-17-20(16-23(31)32)24(33)29-7-9-30(10-8-29)25-26-19(2)15-22(27-25)28-11-13-34-14-12-28/h3-6,15,20H,7-14,16-17H2,1-2H3. The molecule has 9 heteroatoms. The van der Waals surface area contributed by atoms with Crippen molar-refractivity contribution in [1.82, 2.24) is 14.9 Å². The first-order chi connectivity index (χ1) is 16.5. The third kappa shape index (κ3) is 4.70. The van der Waals surface area contributed by atoms with Gasteiger partial charge in [-0.1, -0.05) is 17.7 Å². The number of aryl methyl sites for hydroxylation is 2. The molecule has 0 bridgehead atoms. The Kier molecular flexibility index (Phi) is 6.36. The van der Waals surface area contributed by atoms with Crippen LogP contribution in [0.5, 0.6) is 0 Å². The van der Waals surface area contributed by atoms with Crippen LogP contribution < -0.4 is 14.7 Å². The van der Waals surface area contributed by atoms with Gasteiger partial charge in [-0.25, -0.2) is 4.98 Å². The summed E-state index contributed by atoms with van der Waals surface area (Å²) in [7, 11) is 0. The Bertz CT molecular complexity index is 1050. The molecule has 3 aliphatic heterocycles. The van der Waals surface area contributed by atoms with Gasteiger partial charge in [0.1, 0.15) is 5.82 Å². The van der Waals surface area contributed by atoms with Crippen molar-refractivity contribution in [2.45, 2.75) is 20.3 Å².